The van der Waals surface area contributed by atoms with Gasteiger partial charge in [-0.25, -0.2) is 0 Å². The van der Waals surface area contributed by atoms with E-state index in [1.807, 2.05) is 0 Å². The largest absolute Gasteiger partial charge is 0.508 e. The summed E-state index contributed by atoms with van der Waals surface area (Å²) >= 11 is 0. The molecule has 0 aromatic heterocycles. The Morgan fingerprint density at radius 2 is 1.32 bits per heavy atom. The van der Waals surface area contributed by atoms with Crippen molar-refractivity contribution in [1.29, 1.82) is 0 Å². The molecule has 0 bridgehead atoms. The van der Waals surface area contributed by atoms with Crippen LogP contribution in [0, 0.1) is 0 Å². The summed E-state index contributed by atoms with van der Waals surface area (Å²) in [4.78, 5) is 35.4. The Morgan fingerprint density at radius 3 is 1.82 bits per heavy atom. The fraction of sp³-hybridized carbons (Fsp3) is 0.348. The number of carboxylic acid groups (broad SMARTS) is 3. The maximum Gasteiger partial charge on any atom is 0.321 e. The summed E-state index contributed by atoms with van der Waals surface area (Å²) < 4.78 is 0. The molecule has 1 atom stereocenters. The Labute approximate surface area is 196 Å². The number of benzene rings is 2. The molecule has 0 saturated heterocycles. The minimum Gasteiger partial charge on any atom is -0.508 e. The van der Waals surface area contributed by atoms with Crippen LogP contribution in [0.15, 0.2) is 42.5 Å². The molecule has 0 fully saturated rings. The molecular formula is C23H29N3O8. The molecule has 7 N–H and O–H groups in total. The number of carboxylic acids is 3. The van der Waals surface area contributed by atoms with Crippen LogP contribution < -0.4 is 10.6 Å². The molecule has 0 saturated carbocycles. The lowest BCUT2D eigenvalue weighted by Gasteiger charge is -2.29. The van der Waals surface area contributed by atoms with Gasteiger partial charge in [0.05, 0.1) is 13.1 Å². The summed E-state index contributed by atoms with van der Waals surface area (Å²) in [6, 6.07) is 9.92. The minimum absolute atomic E-state index is 0.00583. The van der Waals surface area contributed by atoms with Gasteiger partial charge in [0.25, 0.3) is 0 Å². The third-order valence-electron chi connectivity index (χ3n) is 5.11. The topological polar surface area (TPSA) is 180 Å². The number of nitrogens with one attached hydrogen (secondary N) is 2. The number of nitrogens with zero attached hydrogens (tertiary/aromatic N) is 1. The van der Waals surface area contributed by atoms with Crippen LogP contribution >= 0.6 is 0 Å². The Bertz CT molecular complexity index is 959. The number of hydrogen-bond acceptors (Lipinski definition) is 8. The lowest BCUT2D eigenvalue weighted by molar-refractivity contribution is -0.143. The van der Waals surface area contributed by atoms with Crippen molar-refractivity contribution in [2.45, 2.75) is 12.5 Å². The van der Waals surface area contributed by atoms with Crippen molar-refractivity contribution in [3.05, 3.63) is 48.0 Å². The van der Waals surface area contributed by atoms with E-state index in [4.69, 9.17) is 10.2 Å². The lowest BCUT2D eigenvalue weighted by atomic mass is 9.94. The molecule has 34 heavy (non-hydrogen) atoms. The van der Waals surface area contributed by atoms with E-state index in [1.54, 1.807) is 23.1 Å². The number of aromatic hydroxyl groups is 2. The van der Waals surface area contributed by atoms with Gasteiger partial charge in [0, 0.05) is 26.2 Å². The number of carbonyl (C=O) groups is 3. The summed E-state index contributed by atoms with van der Waals surface area (Å²) in [5.41, 5.74) is 1.95. The van der Waals surface area contributed by atoms with E-state index in [9.17, 15) is 29.7 Å². The van der Waals surface area contributed by atoms with Crippen LogP contribution in [0.25, 0.3) is 11.1 Å². The van der Waals surface area contributed by atoms with Crippen LogP contribution in [0.2, 0.25) is 0 Å². The molecule has 2 aromatic rings. The maximum absolute atomic E-state index is 12.2. The predicted molar refractivity (Wildman–Crippen MR) is 123 cm³/mol. The monoisotopic (exact) mass is 475 g/mol. The first kappa shape index (κ1) is 26.6. The van der Waals surface area contributed by atoms with Gasteiger partial charge in [-0.1, -0.05) is 18.2 Å². The number of phenolic OH excluding ortho intramolecular Hbond substituents is 2. The molecule has 0 aliphatic rings. The molecule has 0 aliphatic heterocycles. The Kier molecular flexibility index (Phi) is 10.3. The van der Waals surface area contributed by atoms with Crippen LogP contribution in [0.5, 0.6) is 11.5 Å². The fourth-order valence-electron chi connectivity index (χ4n) is 3.49. The highest BCUT2D eigenvalue weighted by Crippen LogP contribution is 2.30. The van der Waals surface area contributed by atoms with Crippen molar-refractivity contribution < 1.29 is 39.9 Å². The first-order valence-electron chi connectivity index (χ1n) is 10.6. The smallest absolute Gasteiger partial charge is 0.321 e. The Morgan fingerprint density at radius 1 is 0.794 bits per heavy atom. The summed E-state index contributed by atoms with van der Waals surface area (Å²) in [5.74, 6) is -3.09. The average molecular weight is 475 g/mol. The quantitative estimate of drug-likeness (QED) is 0.177. The number of aliphatic carboxylic acids is 3. The standard InChI is InChI=1S/C23H29N3O8/c27-17-4-1-15(2-5-17)19-12-18(28)6-3-16(19)11-20(23(33)34)26(9-7-24-13-21(29)30)10-8-25-14-22(31)32/h1-6,12,20,24-25,27-28H,7-11,13-14H2,(H,29,30)(H,31,32)(H,33,34)/t20-/m0/s1. The van der Waals surface area contributed by atoms with Crippen molar-refractivity contribution in [2.75, 3.05) is 39.3 Å². The average Bonchev–Trinajstić information content (AvgIpc) is 2.77. The zero-order valence-electron chi connectivity index (χ0n) is 18.5. The van der Waals surface area contributed by atoms with Crippen LogP contribution in [0.1, 0.15) is 5.56 Å². The second-order valence-electron chi connectivity index (χ2n) is 7.62. The fourth-order valence-corrected chi connectivity index (χ4v) is 3.49. The summed E-state index contributed by atoms with van der Waals surface area (Å²) in [5, 5.41) is 52.6. The van der Waals surface area contributed by atoms with Crippen LogP contribution in [-0.2, 0) is 20.8 Å². The van der Waals surface area contributed by atoms with Crippen molar-refractivity contribution in [1.82, 2.24) is 15.5 Å². The zero-order chi connectivity index (χ0) is 25.1. The van der Waals surface area contributed by atoms with E-state index in [0.717, 1.165) is 0 Å². The molecule has 11 nitrogen and oxygen atoms in total. The lowest BCUT2D eigenvalue weighted by Crippen LogP contribution is -2.48. The van der Waals surface area contributed by atoms with Crippen LogP contribution in [-0.4, -0.2) is 93.7 Å². The van der Waals surface area contributed by atoms with Gasteiger partial charge in [0.2, 0.25) is 0 Å². The molecule has 2 aromatic carbocycles. The van der Waals surface area contributed by atoms with E-state index in [0.29, 0.717) is 16.7 Å². The molecular weight excluding hydrogens is 446 g/mol. The highest BCUT2D eigenvalue weighted by atomic mass is 16.4. The van der Waals surface area contributed by atoms with Gasteiger partial charge in [-0.2, -0.15) is 0 Å². The van der Waals surface area contributed by atoms with Crippen molar-refractivity contribution in [2.24, 2.45) is 0 Å². The molecule has 0 heterocycles. The first-order chi connectivity index (χ1) is 16.2. The third kappa shape index (κ3) is 8.70. The number of hydrogen-bond donors (Lipinski definition) is 7. The number of phenols is 2. The van der Waals surface area contributed by atoms with Gasteiger partial charge >= 0.3 is 17.9 Å². The maximum atomic E-state index is 12.2. The van der Waals surface area contributed by atoms with Crippen molar-refractivity contribution in [3.63, 3.8) is 0 Å². The Hall–Kier alpha value is -3.67. The van der Waals surface area contributed by atoms with Gasteiger partial charge in [-0.15, -0.1) is 0 Å². The third-order valence-corrected chi connectivity index (χ3v) is 5.11. The van der Waals surface area contributed by atoms with E-state index in [2.05, 4.69) is 10.6 Å². The summed E-state index contributed by atoms with van der Waals surface area (Å²) in [7, 11) is 0. The molecule has 2 rings (SSSR count). The summed E-state index contributed by atoms with van der Waals surface area (Å²) in [6.07, 6.45) is 0.0731. The van der Waals surface area contributed by atoms with E-state index in [-0.39, 0.29) is 57.2 Å². The molecule has 0 unspecified atom stereocenters. The highest BCUT2D eigenvalue weighted by molar-refractivity contribution is 5.76. The van der Waals surface area contributed by atoms with Crippen LogP contribution in [0.4, 0.5) is 0 Å². The molecule has 0 radical (unpaired) electrons. The first-order valence-corrected chi connectivity index (χ1v) is 10.6. The van der Waals surface area contributed by atoms with Gasteiger partial charge in [-0.05, 0) is 47.4 Å². The zero-order valence-corrected chi connectivity index (χ0v) is 18.5. The second kappa shape index (κ2) is 13.1. The van der Waals surface area contributed by atoms with Crippen molar-refractivity contribution in [3.8, 4) is 22.6 Å². The summed E-state index contributed by atoms with van der Waals surface area (Å²) in [6.45, 7) is 0.319. The minimum atomic E-state index is -1.10. The normalized spacial score (nSPS) is 11.9. The number of rotatable bonds is 15. The predicted octanol–water partition coefficient (Wildman–Crippen LogP) is 0.411. The molecule has 0 aliphatic carbocycles. The van der Waals surface area contributed by atoms with Gasteiger partial charge in [0.1, 0.15) is 17.5 Å². The van der Waals surface area contributed by atoms with E-state index >= 15 is 0 Å². The SMILES string of the molecule is O=C(O)CNCCN(CCNCC(=O)O)[C@@H](Cc1ccc(O)cc1-c1ccc(O)cc1)C(=O)O. The Balaban J connectivity index is 2.26. The van der Waals surface area contributed by atoms with Crippen LogP contribution in [0.3, 0.4) is 0 Å². The van der Waals surface area contributed by atoms with E-state index in [1.165, 1.54) is 24.3 Å². The molecule has 0 spiro atoms. The van der Waals surface area contributed by atoms with Gasteiger partial charge in [-0.3, -0.25) is 19.3 Å². The molecule has 11 heteroatoms. The molecule has 0 amide bonds. The van der Waals surface area contributed by atoms with Gasteiger partial charge in [0.15, 0.2) is 0 Å². The van der Waals surface area contributed by atoms with Gasteiger partial charge < -0.3 is 36.2 Å². The highest BCUT2D eigenvalue weighted by Gasteiger charge is 2.27. The second-order valence-corrected chi connectivity index (χ2v) is 7.62. The van der Waals surface area contributed by atoms with Crippen molar-refractivity contribution >= 4 is 17.9 Å². The van der Waals surface area contributed by atoms with E-state index < -0.39 is 23.9 Å². The molecule has 184 valence electrons.